The van der Waals surface area contributed by atoms with E-state index in [1.165, 1.54) is 0 Å². The first kappa shape index (κ1) is 21.9. The van der Waals surface area contributed by atoms with E-state index < -0.39 is 21.4 Å². The van der Waals surface area contributed by atoms with Crippen LogP contribution in [0.2, 0.25) is 0 Å². The van der Waals surface area contributed by atoms with Gasteiger partial charge in [0.2, 0.25) is 11.8 Å². The molecule has 2 N–H and O–H groups in total. The molecule has 3 atom stereocenters. The van der Waals surface area contributed by atoms with Gasteiger partial charge in [-0.15, -0.1) is 0 Å². The summed E-state index contributed by atoms with van der Waals surface area (Å²) in [6, 6.07) is 0.0812. The van der Waals surface area contributed by atoms with Gasteiger partial charge in [0.05, 0.1) is 11.3 Å². The van der Waals surface area contributed by atoms with Gasteiger partial charge in [-0.3, -0.25) is 14.1 Å². The summed E-state index contributed by atoms with van der Waals surface area (Å²) in [4.78, 5) is 26.4. The van der Waals surface area contributed by atoms with Gasteiger partial charge >= 0.3 is 0 Å². The van der Waals surface area contributed by atoms with Gasteiger partial charge in [0.25, 0.3) is 10.1 Å². The lowest BCUT2D eigenvalue weighted by molar-refractivity contribution is -0.130. The van der Waals surface area contributed by atoms with E-state index in [9.17, 15) is 18.0 Å². The predicted molar refractivity (Wildman–Crippen MR) is 96.6 cm³/mol. The summed E-state index contributed by atoms with van der Waals surface area (Å²) in [5.74, 6) is -0.805. The molecule has 1 saturated heterocycles. The molecule has 1 rings (SSSR count). The number of nitrogens with one attached hydrogen (secondary N) is 1. The summed E-state index contributed by atoms with van der Waals surface area (Å²) in [7, 11) is -4.18. The molecular formula is C17H32N2O5S. The van der Waals surface area contributed by atoms with E-state index in [4.69, 9.17) is 4.55 Å². The van der Waals surface area contributed by atoms with E-state index in [0.717, 1.165) is 19.4 Å². The van der Waals surface area contributed by atoms with Crippen molar-refractivity contribution in [3.05, 3.63) is 0 Å². The second kappa shape index (κ2) is 8.49. The zero-order chi connectivity index (χ0) is 19.4. The minimum absolute atomic E-state index is 0.0509. The lowest BCUT2D eigenvalue weighted by Crippen LogP contribution is -2.51. The van der Waals surface area contributed by atoms with Crippen LogP contribution in [-0.4, -0.2) is 53.6 Å². The van der Waals surface area contributed by atoms with Gasteiger partial charge in [0, 0.05) is 24.9 Å². The summed E-state index contributed by atoms with van der Waals surface area (Å²) in [6.07, 6.45) is 2.82. The average molecular weight is 377 g/mol. The van der Waals surface area contributed by atoms with Gasteiger partial charge in [-0.2, -0.15) is 8.42 Å². The molecule has 8 heteroatoms. The third-order valence-electron chi connectivity index (χ3n) is 4.82. The van der Waals surface area contributed by atoms with E-state index in [0.29, 0.717) is 12.8 Å². The number of rotatable bonds is 9. The molecule has 0 aromatic rings. The lowest BCUT2D eigenvalue weighted by Gasteiger charge is -2.32. The molecule has 0 aromatic carbocycles. The molecule has 0 saturated carbocycles. The Labute approximate surface area is 151 Å². The van der Waals surface area contributed by atoms with Gasteiger partial charge in [0.15, 0.2) is 0 Å². The molecule has 1 aliphatic heterocycles. The Morgan fingerprint density at radius 1 is 1.36 bits per heavy atom. The van der Waals surface area contributed by atoms with E-state index in [1.54, 1.807) is 13.8 Å². The number of carbonyl (C=O) groups is 2. The van der Waals surface area contributed by atoms with Gasteiger partial charge in [-0.25, -0.2) is 0 Å². The highest BCUT2D eigenvalue weighted by atomic mass is 32.2. The van der Waals surface area contributed by atoms with Crippen LogP contribution in [0.5, 0.6) is 0 Å². The first-order chi connectivity index (χ1) is 11.4. The molecule has 7 nitrogen and oxygen atoms in total. The molecule has 0 aliphatic carbocycles. The van der Waals surface area contributed by atoms with Crippen molar-refractivity contribution in [2.24, 2.45) is 11.8 Å². The molecule has 0 aromatic heterocycles. The molecular weight excluding hydrogens is 344 g/mol. The van der Waals surface area contributed by atoms with E-state index >= 15 is 0 Å². The lowest BCUT2D eigenvalue weighted by atomic mass is 9.85. The van der Waals surface area contributed by atoms with Crippen LogP contribution in [0.4, 0.5) is 0 Å². The van der Waals surface area contributed by atoms with Gasteiger partial charge in [-0.1, -0.05) is 13.8 Å². The highest BCUT2D eigenvalue weighted by molar-refractivity contribution is 7.85. The largest absolute Gasteiger partial charge is 0.350 e. The molecule has 3 unspecified atom stereocenters. The number of amides is 2. The Hall–Kier alpha value is -1.15. The van der Waals surface area contributed by atoms with Gasteiger partial charge in [-0.05, 0) is 46.0 Å². The Morgan fingerprint density at radius 2 is 1.96 bits per heavy atom. The Bertz CT molecular complexity index is 588. The fraction of sp³-hybridized carbons (Fsp3) is 0.882. The second-order valence-electron chi connectivity index (χ2n) is 7.87. The summed E-state index contributed by atoms with van der Waals surface area (Å²) < 4.78 is 31.2. The maximum atomic E-state index is 12.6. The number of carbonyl (C=O) groups excluding carboxylic acids is 2. The first-order valence-corrected chi connectivity index (χ1v) is 10.5. The minimum atomic E-state index is -4.18. The quantitative estimate of drug-likeness (QED) is 0.598. The fourth-order valence-electron chi connectivity index (χ4n) is 3.73. The summed E-state index contributed by atoms with van der Waals surface area (Å²) in [6.45, 7) is 9.83. The van der Waals surface area contributed by atoms with Crippen LogP contribution in [0, 0.1) is 11.8 Å². The zero-order valence-corrected chi connectivity index (χ0v) is 16.7. The van der Waals surface area contributed by atoms with Crippen molar-refractivity contribution in [3.63, 3.8) is 0 Å². The van der Waals surface area contributed by atoms with Crippen molar-refractivity contribution in [2.75, 3.05) is 12.3 Å². The first-order valence-electron chi connectivity index (χ1n) is 8.93. The Balaban J connectivity index is 2.69. The Kier molecular flexibility index (Phi) is 7.43. The van der Waals surface area contributed by atoms with Gasteiger partial charge in [0.1, 0.15) is 0 Å². The SMILES string of the molecule is CCC(C(=O)NC(C)(C)CS(=O)(=O)O)C(C)CC(C)N1CCCC1=O. The number of likely N-dealkylation sites (tertiary alicyclic amines) is 1. The molecule has 2 amide bonds. The molecule has 1 heterocycles. The van der Waals surface area contributed by atoms with Crippen molar-refractivity contribution >= 4 is 21.9 Å². The third kappa shape index (κ3) is 6.93. The molecule has 1 aliphatic rings. The average Bonchev–Trinajstić information content (AvgIpc) is 2.81. The second-order valence-corrected chi connectivity index (χ2v) is 9.32. The van der Waals surface area contributed by atoms with Crippen molar-refractivity contribution in [1.82, 2.24) is 10.2 Å². The zero-order valence-electron chi connectivity index (χ0n) is 15.9. The number of hydrogen-bond donors (Lipinski definition) is 2. The van der Waals surface area contributed by atoms with Crippen LogP contribution in [-0.2, 0) is 19.7 Å². The third-order valence-corrected chi connectivity index (χ3v) is 5.91. The number of nitrogens with zero attached hydrogens (tertiary/aromatic N) is 1. The Morgan fingerprint density at radius 3 is 2.40 bits per heavy atom. The summed E-state index contributed by atoms with van der Waals surface area (Å²) in [5, 5.41) is 2.74. The van der Waals surface area contributed by atoms with Crippen LogP contribution in [0.3, 0.4) is 0 Å². The predicted octanol–water partition coefficient (Wildman–Crippen LogP) is 1.83. The maximum Gasteiger partial charge on any atom is 0.267 e. The fourth-order valence-corrected chi connectivity index (χ4v) is 4.71. The van der Waals surface area contributed by atoms with Crippen LogP contribution in [0.25, 0.3) is 0 Å². The van der Waals surface area contributed by atoms with E-state index in [-0.39, 0.29) is 29.7 Å². The summed E-state index contributed by atoms with van der Waals surface area (Å²) >= 11 is 0. The van der Waals surface area contributed by atoms with Crippen LogP contribution < -0.4 is 5.32 Å². The highest BCUT2D eigenvalue weighted by Gasteiger charge is 2.33. The molecule has 25 heavy (non-hydrogen) atoms. The van der Waals surface area contributed by atoms with Crippen LogP contribution in [0.15, 0.2) is 0 Å². The molecule has 0 bridgehead atoms. The van der Waals surface area contributed by atoms with Crippen molar-refractivity contribution in [1.29, 1.82) is 0 Å². The molecule has 1 fully saturated rings. The van der Waals surface area contributed by atoms with Crippen LogP contribution >= 0.6 is 0 Å². The maximum absolute atomic E-state index is 12.6. The molecule has 146 valence electrons. The molecule has 0 spiro atoms. The van der Waals surface area contributed by atoms with Gasteiger partial charge < -0.3 is 10.2 Å². The van der Waals surface area contributed by atoms with Crippen LogP contribution in [0.1, 0.15) is 60.3 Å². The standard InChI is InChI=1S/C17H32N2O5S/c1-6-14(16(21)18-17(4,5)11-25(22,23)24)12(2)10-13(3)19-9-7-8-15(19)20/h12-14H,6-11H2,1-5H3,(H,18,21)(H,22,23,24). The van der Waals surface area contributed by atoms with E-state index in [1.807, 2.05) is 25.7 Å². The number of hydrogen-bond acceptors (Lipinski definition) is 4. The normalized spacial score (nSPS) is 19.6. The van der Waals surface area contributed by atoms with Crippen molar-refractivity contribution < 1.29 is 22.6 Å². The van der Waals surface area contributed by atoms with E-state index in [2.05, 4.69) is 5.32 Å². The minimum Gasteiger partial charge on any atom is -0.350 e. The molecule has 0 radical (unpaired) electrons. The topological polar surface area (TPSA) is 104 Å². The van der Waals surface area contributed by atoms with Crippen molar-refractivity contribution in [3.8, 4) is 0 Å². The monoisotopic (exact) mass is 376 g/mol. The summed E-state index contributed by atoms with van der Waals surface area (Å²) in [5.41, 5.74) is -1.05. The van der Waals surface area contributed by atoms with Crippen molar-refractivity contribution in [2.45, 2.75) is 71.9 Å². The highest BCUT2D eigenvalue weighted by Crippen LogP contribution is 2.26. The smallest absolute Gasteiger partial charge is 0.267 e.